The molecule has 0 fully saturated rings. The molecular formula is H2BCaFeZn. The van der Waals surface area contributed by atoms with Gasteiger partial charge in [-0.2, -0.15) is 0 Å². The van der Waals surface area contributed by atoms with Crippen molar-refractivity contribution in [1.29, 1.82) is 0 Å². The Kier molecular flexibility index (Phi) is 142. The molecule has 0 aromatic heterocycles. The van der Waals surface area contributed by atoms with E-state index in [1.165, 1.54) is 0 Å². The van der Waals surface area contributed by atoms with Crippen LogP contribution >= 0.6 is 0 Å². The van der Waals surface area contributed by atoms with E-state index in [0.29, 0.717) is 0 Å². The smallest absolute Gasteiger partial charge is 1.00 e. The van der Waals surface area contributed by atoms with Gasteiger partial charge in [-0.05, 0) is 0 Å². The van der Waals surface area contributed by atoms with Crippen LogP contribution in [-0.2, 0) is 36.5 Å². The molecule has 17 valence electrons. The van der Waals surface area contributed by atoms with Gasteiger partial charge < -0.3 is 2.85 Å². The van der Waals surface area contributed by atoms with Crippen molar-refractivity contribution < 1.29 is 39.4 Å². The molecule has 0 heterocycles. The first-order valence-electron chi connectivity index (χ1n) is 0. The minimum absolute atomic E-state index is 0. The van der Waals surface area contributed by atoms with E-state index in [-0.39, 0.29) is 85.6 Å². The van der Waals surface area contributed by atoms with E-state index in [4.69, 9.17) is 0 Å². The van der Waals surface area contributed by atoms with Gasteiger partial charge in [0, 0.05) is 45.0 Å². The van der Waals surface area contributed by atoms with Gasteiger partial charge in [0.1, 0.15) is 0 Å². The summed E-state index contributed by atoms with van der Waals surface area (Å²) in [7, 11) is 0. The van der Waals surface area contributed by atoms with Gasteiger partial charge in [-0.1, -0.05) is 0 Å². The van der Waals surface area contributed by atoms with Gasteiger partial charge >= 0.3 is 37.7 Å². The second-order valence-electron chi connectivity index (χ2n) is 0. The SMILES string of the molecule is [B].[Ca+2].[Fe].[H-].[H-].[Zn]. The minimum Gasteiger partial charge on any atom is -1.00 e. The van der Waals surface area contributed by atoms with E-state index < -0.39 is 0 Å². The molecule has 0 nitrogen and oxygen atoms in total. The van der Waals surface area contributed by atoms with Crippen LogP contribution in [-0.4, -0.2) is 46.2 Å². The van der Waals surface area contributed by atoms with Crippen molar-refractivity contribution in [2.24, 2.45) is 0 Å². The van der Waals surface area contributed by atoms with Crippen LogP contribution in [0.25, 0.3) is 0 Å². The van der Waals surface area contributed by atoms with Gasteiger partial charge in [0.25, 0.3) is 0 Å². The second kappa shape index (κ2) is 17.9. The first kappa shape index (κ1) is 31.8. The third-order valence-electron chi connectivity index (χ3n) is 0. The Bertz CT molecular complexity index is 13.5. The van der Waals surface area contributed by atoms with Crippen LogP contribution in [0, 0.1) is 0 Å². The van der Waals surface area contributed by atoms with Gasteiger partial charge in [0.2, 0.25) is 0 Å². The van der Waals surface area contributed by atoms with E-state index in [2.05, 4.69) is 0 Å². The van der Waals surface area contributed by atoms with Gasteiger partial charge in [0.05, 0.1) is 0 Å². The fraction of sp³-hybridized carbons (Fsp3) is 0. The number of rotatable bonds is 0. The Labute approximate surface area is 84.3 Å². The minimum atomic E-state index is 0. The van der Waals surface area contributed by atoms with Crippen LogP contribution < -0.4 is 0 Å². The maximum Gasteiger partial charge on any atom is 2.00 e. The summed E-state index contributed by atoms with van der Waals surface area (Å²) in [5.74, 6) is 0. The molecule has 0 N–H and O–H groups in total. The first-order chi connectivity index (χ1) is 0. The first-order valence-corrected chi connectivity index (χ1v) is 0. The summed E-state index contributed by atoms with van der Waals surface area (Å²) in [6.07, 6.45) is 0. The molecule has 0 aliphatic rings. The van der Waals surface area contributed by atoms with Gasteiger partial charge in [-0.25, -0.2) is 0 Å². The molecule has 0 aliphatic heterocycles. The van der Waals surface area contributed by atoms with Crippen LogP contribution in [0.4, 0.5) is 0 Å². The summed E-state index contributed by atoms with van der Waals surface area (Å²) in [5.41, 5.74) is 0. The maximum atomic E-state index is 0. The molecule has 0 bridgehead atoms. The third kappa shape index (κ3) is 8.82. The summed E-state index contributed by atoms with van der Waals surface area (Å²) in [6.45, 7) is 0. The normalized spacial score (nSPS) is 0. The Morgan fingerprint density at radius 1 is 1.25 bits per heavy atom. The summed E-state index contributed by atoms with van der Waals surface area (Å²) in [4.78, 5) is 0. The molecule has 0 unspecified atom stereocenters. The largest absolute Gasteiger partial charge is 2.00 e. The zero-order chi connectivity index (χ0) is 0. The van der Waals surface area contributed by atoms with Gasteiger partial charge in [-0.3, -0.25) is 0 Å². The van der Waals surface area contributed by atoms with Gasteiger partial charge in [-0.15, -0.1) is 0 Å². The molecule has 0 aliphatic carbocycles. The van der Waals surface area contributed by atoms with Crippen LogP contribution in [0.3, 0.4) is 0 Å². The average molecular weight is 174 g/mol. The molecule has 0 aromatic rings. The molecule has 3 radical (unpaired) electrons. The zero-order valence-electron chi connectivity index (χ0n) is 4.35. The topological polar surface area (TPSA) is 0 Å². The Morgan fingerprint density at radius 2 is 1.25 bits per heavy atom. The quantitative estimate of drug-likeness (QED) is 0.433. The Hall–Kier alpha value is 2.47. The second-order valence-corrected chi connectivity index (χ2v) is 0. The average Bonchev–Trinajstić information content (AvgIpc) is 0. The van der Waals surface area contributed by atoms with Crippen molar-refractivity contribution in [3.05, 3.63) is 0 Å². The Balaban J connectivity index is 0. The summed E-state index contributed by atoms with van der Waals surface area (Å²) >= 11 is 0. The van der Waals surface area contributed by atoms with Crippen LogP contribution in [0.1, 0.15) is 2.85 Å². The van der Waals surface area contributed by atoms with Crippen molar-refractivity contribution in [3.63, 3.8) is 0 Å². The molecule has 4 heavy (non-hydrogen) atoms. The third-order valence-corrected chi connectivity index (χ3v) is 0. The molecule has 0 rings (SSSR count). The monoisotopic (exact) mass is 173 g/mol. The van der Waals surface area contributed by atoms with Crippen molar-refractivity contribution in [2.75, 3.05) is 0 Å². The number of hydrogen-bond donors (Lipinski definition) is 0. The molecular weight excluding hydrogens is 172 g/mol. The van der Waals surface area contributed by atoms with E-state index in [9.17, 15) is 0 Å². The van der Waals surface area contributed by atoms with Crippen LogP contribution in [0.2, 0.25) is 0 Å². The van der Waals surface area contributed by atoms with Gasteiger partial charge in [0.15, 0.2) is 0 Å². The van der Waals surface area contributed by atoms with Crippen molar-refractivity contribution in [2.45, 2.75) is 0 Å². The molecule has 0 saturated heterocycles. The van der Waals surface area contributed by atoms with Crippen LogP contribution in [0.5, 0.6) is 0 Å². The predicted octanol–water partition coefficient (Wildman–Crippen LogP) is -0.542. The van der Waals surface area contributed by atoms with E-state index in [0.717, 1.165) is 0 Å². The van der Waals surface area contributed by atoms with Crippen LogP contribution in [0.15, 0.2) is 0 Å². The maximum absolute atomic E-state index is 0. The summed E-state index contributed by atoms with van der Waals surface area (Å²) in [6, 6.07) is 0. The van der Waals surface area contributed by atoms with Crippen molar-refractivity contribution in [1.82, 2.24) is 0 Å². The molecule has 0 amide bonds. The zero-order valence-corrected chi connectivity index (χ0v) is 8.62. The van der Waals surface area contributed by atoms with Crippen molar-refractivity contribution in [3.8, 4) is 0 Å². The molecule has 0 saturated carbocycles. The van der Waals surface area contributed by atoms with Crippen molar-refractivity contribution >= 4 is 46.2 Å². The van der Waals surface area contributed by atoms with E-state index in [1.807, 2.05) is 0 Å². The fourth-order valence-electron chi connectivity index (χ4n) is 0. The molecule has 0 spiro atoms. The summed E-state index contributed by atoms with van der Waals surface area (Å²) < 4.78 is 0. The molecule has 0 aromatic carbocycles. The predicted molar refractivity (Wildman–Crippen MR) is 13.7 cm³/mol. The number of hydrogen-bond acceptors (Lipinski definition) is 0. The summed E-state index contributed by atoms with van der Waals surface area (Å²) in [5, 5.41) is 0. The standard InChI is InChI=1S/B.Ca.Fe.Zn.2H/q;+2;;;2*-1. The van der Waals surface area contributed by atoms with E-state index in [1.54, 1.807) is 0 Å². The molecule has 4 heteroatoms. The fourth-order valence-corrected chi connectivity index (χ4v) is 0. The Morgan fingerprint density at radius 3 is 1.25 bits per heavy atom. The molecule has 0 atom stereocenters. The van der Waals surface area contributed by atoms with E-state index >= 15 is 0 Å².